The van der Waals surface area contributed by atoms with Crippen molar-refractivity contribution in [1.82, 2.24) is 10.6 Å². The van der Waals surface area contributed by atoms with Crippen molar-refractivity contribution in [2.75, 3.05) is 6.54 Å². The van der Waals surface area contributed by atoms with Crippen molar-refractivity contribution in [2.24, 2.45) is 0 Å². The molecule has 88 valence electrons. The van der Waals surface area contributed by atoms with Gasteiger partial charge < -0.3 is 15.7 Å². The van der Waals surface area contributed by atoms with Crippen LogP contribution in [-0.2, 0) is 14.4 Å². The molecule has 6 heteroatoms. The van der Waals surface area contributed by atoms with Crippen LogP contribution >= 0.6 is 0 Å². The molecule has 1 rings (SSSR count). The number of carbonyl (C=O) groups excluding carboxylic acids is 2. The fraction of sp³-hybridized carbons (Fsp3) is 0.500. The van der Waals surface area contributed by atoms with Crippen molar-refractivity contribution < 1.29 is 19.5 Å². The molecule has 1 aliphatic heterocycles. The summed E-state index contributed by atoms with van der Waals surface area (Å²) in [6.07, 6.45) is 3.97. The molecule has 2 amide bonds. The smallest absolute Gasteiger partial charge is 0.328 e. The van der Waals surface area contributed by atoms with Crippen LogP contribution in [0.4, 0.5) is 0 Å². The van der Waals surface area contributed by atoms with Gasteiger partial charge in [-0.2, -0.15) is 0 Å². The highest BCUT2D eigenvalue weighted by molar-refractivity contribution is 5.96. The monoisotopic (exact) mass is 226 g/mol. The second-order valence-electron chi connectivity index (χ2n) is 3.52. The van der Waals surface area contributed by atoms with Crippen LogP contribution in [0, 0.1) is 0 Å². The van der Waals surface area contributed by atoms with E-state index in [1.807, 2.05) is 0 Å². The van der Waals surface area contributed by atoms with Gasteiger partial charge in [0, 0.05) is 18.7 Å². The number of amides is 2. The van der Waals surface area contributed by atoms with E-state index in [-0.39, 0.29) is 5.91 Å². The van der Waals surface area contributed by atoms with Gasteiger partial charge in [-0.15, -0.1) is 0 Å². The van der Waals surface area contributed by atoms with Crippen molar-refractivity contribution in [1.29, 1.82) is 0 Å². The molecule has 3 N–H and O–H groups in total. The van der Waals surface area contributed by atoms with E-state index in [9.17, 15) is 14.4 Å². The Morgan fingerprint density at radius 2 is 2.12 bits per heavy atom. The van der Waals surface area contributed by atoms with Gasteiger partial charge in [-0.1, -0.05) is 0 Å². The fourth-order valence-corrected chi connectivity index (χ4v) is 1.44. The minimum absolute atomic E-state index is 0.213. The Morgan fingerprint density at radius 1 is 1.38 bits per heavy atom. The topological polar surface area (TPSA) is 95.5 Å². The lowest BCUT2D eigenvalue weighted by Crippen LogP contribution is -2.44. The Bertz CT molecular complexity index is 325. The van der Waals surface area contributed by atoms with Crippen molar-refractivity contribution in [3.8, 4) is 0 Å². The molecule has 1 atom stereocenters. The SMILES string of the molecule is O=C(O)/C=C/C(=O)NC1CCCCNC1=O. The first kappa shape index (κ1) is 12.2. The van der Waals surface area contributed by atoms with E-state index >= 15 is 0 Å². The van der Waals surface area contributed by atoms with Gasteiger partial charge >= 0.3 is 5.97 Å². The lowest BCUT2D eigenvalue weighted by molar-refractivity contribution is -0.131. The summed E-state index contributed by atoms with van der Waals surface area (Å²) < 4.78 is 0. The van der Waals surface area contributed by atoms with Crippen LogP contribution in [0.2, 0.25) is 0 Å². The summed E-state index contributed by atoms with van der Waals surface area (Å²) in [7, 11) is 0. The normalized spacial score (nSPS) is 21.2. The number of carboxylic acids is 1. The third-order valence-corrected chi connectivity index (χ3v) is 2.23. The molecule has 1 unspecified atom stereocenters. The zero-order chi connectivity index (χ0) is 12.0. The third-order valence-electron chi connectivity index (χ3n) is 2.23. The zero-order valence-electron chi connectivity index (χ0n) is 8.73. The highest BCUT2D eigenvalue weighted by Crippen LogP contribution is 2.05. The number of hydrogen-bond acceptors (Lipinski definition) is 3. The van der Waals surface area contributed by atoms with Gasteiger partial charge in [0.25, 0.3) is 0 Å². The molecular weight excluding hydrogens is 212 g/mol. The molecule has 0 bridgehead atoms. The highest BCUT2D eigenvalue weighted by Gasteiger charge is 2.21. The largest absolute Gasteiger partial charge is 0.478 e. The first-order valence-corrected chi connectivity index (χ1v) is 5.09. The van der Waals surface area contributed by atoms with Crippen LogP contribution in [0.5, 0.6) is 0 Å². The number of nitrogens with one attached hydrogen (secondary N) is 2. The van der Waals surface area contributed by atoms with E-state index in [1.165, 1.54) is 0 Å². The maximum absolute atomic E-state index is 11.4. The van der Waals surface area contributed by atoms with Gasteiger partial charge in [0.05, 0.1) is 0 Å². The molecule has 1 saturated heterocycles. The van der Waals surface area contributed by atoms with Gasteiger partial charge in [0.15, 0.2) is 0 Å². The minimum Gasteiger partial charge on any atom is -0.478 e. The molecule has 0 aliphatic carbocycles. The van der Waals surface area contributed by atoms with Crippen LogP contribution in [0.3, 0.4) is 0 Å². The minimum atomic E-state index is -1.19. The Hall–Kier alpha value is -1.85. The lowest BCUT2D eigenvalue weighted by Gasteiger charge is -2.13. The molecule has 0 radical (unpaired) electrons. The Morgan fingerprint density at radius 3 is 2.81 bits per heavy atom. The average molecular weight is 226 g/mol. The summed E-state index contributed by atoms with van der Waals surface area (Å²) in [5.41, 5.74) is 0. The van der Waals surface area contributed by atoms with Crippen LogP contribution in [-0.4, -0.2) is 35.5 Å². The zero-order valence-corrected chi connectivity index (χ0v) is 8.73. The van der Waals surface area contributed by atoms with E-state index in [4.69, 9.17) is 5.11 Å². The number of carbonyl (C=O) groups is 3. The van der Waals surface area contributed by atoms with Crippen molar-refractivity contribution >= 4 is 17.8 Å². The molecule has 0 aromatic rings. The quantitative estimate of drug-likeness (QED) is 0.560. The van der Waals surface area contributed by atoms with Gasteiger partial charge in [-0.3, -0.25) is 9.59 Å². The molecule has 6 nitrogen and oxygen atoms in total. The molecule has 0 spiro atoms. The van der Waals surface area contributed by atoms with Gasteiger partial charge in [-0.25, -0.2) is 4.79 Å². The standard InChI is InChI=1S/C10H14N2O4/c13-8(4-5-9(14)15)12-7-3-1-2-6-11-10(7)16/h4-5,7H,1-3,6H2,(H,11,16)(H,12,13)(H,14,15)/b5-4+. The summed E-state index contributed by atoms with van der Waals surface area (Å²) in [6, 6.07) is -0.562. The van der Waals surface area contributed by atoms with Gasteiger partial charge in [-0.05, 0) is 19.3 Å². The molecule has 0 aromatic heterocycles. The van der Waals surface area contributed by atoms with E-state index in [0.717, 1.165) is 25.0 Å². The van der Waals surface area contributed by atoms with Crippen molar-refractivity contribution in [2.45, 2.75) is 25.3 Å². The number of rotatable bonds is 3. The molecular formula is C10H14N2O4. The fourth-order valence-electron chi connectivity index (χ4n) is 1.44. The third kappa shape index (κ3) is 4.12. The van der Waals surface area contributed by atoms with Crippen molar-refractivity contribution in [3.05, 3.63) is 12.2 Å². The number of aliphatic carboxylic acids is 1. The molecule has 1 heterocycles. The predicted molar refractivity (Wildman–Crippen MR) is 55.6 cm³/mol. The molecule has 0 aromatic carbocycles. The Labute approximate surface area is 92.7 Å². The molecule has 16 heavy (non-hydrogen) atoms. The maximum Gasteiger partial charge on any atom is 0.328 e. The van der Waals surface area contributed by atoms with E-state index in [0.29, 0.717) is 13.0 Å². The molecule has 0 saturated carbocycles. The number of hydrogen-bond donors (Lipinski definition) is 3. The second-order valence-corrected chi connectivity index (χ2v) is 3.52. The van der Waals surface area contributed by atoms with Gasteiger partial charge in [0.1, 0.15) is 6.04 Å². The van der Waals surface area contributed by atoms with Crippen LogP contribution in [0.25, 0.3) is 0 Å². The van der Waals surface area contributed by atoms with Crippen LogP contribution in [0.15, 0.2) is 12.2 Å². The highest BCUT2D eigenvalue weighted by atomic mass is 16.4. The second kappa shape index (κ2) is 5.89. The van der Waals surface area contributed by atoms with Crippen molar-refractivity contribution in [3.63, 3.8) is 0 Å². The summed E-state index contributed by atoms with van der Waals surface area (Å²) in [5, 5.41) is 13.5. The molecule has 1 aliphatic rings. The van der Waals surface area contributed by atoms with E-state index in [1.54, 1.807) is 0 Å². The summed E-state index contributed by atoms with van der Waals surface area (Å²) >= 11 is 0. The van der Waals surface area contributed by atoms with E-state index < -0.39 is 17.9 Å². The summed E-state index contributed by atoms with van der Waals surface area (Å²) in [5.74, 6) is -1.97. The number of carboxylic acid groups (broad SMARTS) is 1. The maximum atomic E-state index is 11.4. The summed E-state index contributed by atoms with van der Waals surface area (Å²) in [4.78, 5) is 32.8. The first-order chi connectivity index (χ1) is 7.59. The van der Waals surface area contributed by atoms with Crippen LogP contribution < -0.4 is 10.6 Å². The Kier molecular flexibility index (Phi) is 4.50. The molecule has 1 fully saturated rings. The predicted octanol–water partition coefficient (Wildman–Crippen LogP) is -0.588. The first-order valence-electron chi connectivity index (χ1n) is 5.09. The van der Waals surface area contributed by atoms with Crippen LogP contribution in [0.1, 0.15) is 19.3 Å². The average Bonchev–Trinajstić information content (AvgIpc) is 2.42. The Balaban J connectivity index is 2.48. The lowest BCUT2D eigenvalue weighted by atomic mass is 10.1. The van der Waals surface area contributed by atoms with Gasteiger partial charge in [0.2, 0.25) is 11.8 Å². The summed E-state index contributed by atoms with van der Waals surface area (Å²) in [6.45, 7) is 0.621. The van der Waals surface area contributed by atoms with E-state index in [2.05, 4.69) is 10.6 Å².